The Morgan fingerprint density at radius 2 is 1.90 bits per heavy atom. The van der Waals surface area contributed by atoms with Crippen molar-refractivity contribution in [1.29, 1.82) is 0 Å². The highest BCUT2D eigenvalue weighted by atomic mass is 16.5. The van der Waals surface area contributed by atoms with Crippen molar-refractivity contribution >= 4 is 17.5 Å². The monoisotopic (exact) mass is 410 g/mol. The molecule has 2 amide bonds. The molecular weight excluding hydrogens is 380 g/mol. The standard InChI is InChI=1S/C24H30N2O4/c1-3-4-5-17-6-10-20(11-7-17)26-16-19(14-23(26)28)24(29)25-15-22(27)18-8-12-21(30-2)13-9-18/h6-13,19,22,27H,3-5,14-16H2,1-2H3,(H,25,29). The quantitative estimate of drug-likeness (QED) is 0.665. The molecule has 0 aromatic heterocycles. The van der Waals surface area contributed by atoms with E-state index in [1.54, 1.807) is 36.3 Å². The second-order valence-electron chi connectivity index (χ2n) is 7.71. The maximum absolute atomic E-state index is 12.6. The predicted octanol–water partition coefficient (Wildman–Crippen LogP) is 3.24. The van der Waals surface area contributed by atoms with Gasteiger partial charge in [0.1, 0.15) is 5.75 Å². The molecule has 0 aliphatic carbocycles. The van der Waals surface area contributed by atoms with Gasteiger partial charge in [0.25, 0.3) is 0 Å². The van der Waals surface area contributed by atoms with Crippen molar-refractivity contribution in [2.75, 3.05) is 25.1 Å². The number of anilines is 1. The molecule has 2 aromatic rings. The largest absolute Gasteiger partial charge is 0.497 e. The lowest BCUT2D eigenvalue weighted by Gasteiger charge is -2.18. The zero-order chi connectivity index (χ0) is 21.5. The fourth-order valence-electron chi connectivity index (χ4n) is 3.64. The molecule has 2 unspecified atom stereocenters. The lowest BCUT2D eigenvalue weighted by molar-refractivity contribution is -0.126. The number of methoxy groups -OCH3 is 1. The van der Waals surface area contributed by atoms with E-state index in [-0.39, 0.29) is 24.8 Å². The second-order valence-corrected chi connectivity index (χ2v) is 7.71. The van der Waals surface area contributed by atoms with Crippen molar-refractivity contribution in [2.45, 2.75) is 38.7 Å². The first-order valence-electron chi connectivity index (χ1n) is 10.5. The van der Waals surface area contributed by atoms with Crippen molar-refractivity contribution in [2.24, 2.45) is 5.92 Å². The van der Waals surface area contributed by atoms with Crippen LogP contribution >= 0.6 is 0 Å². The molecule has 0 spiro atoms. The first kappa shape index (κ1) is 21.8. The fraction of sp³-hybridized carbons (Fsp3) is 0.417. The summed E-state index contributed by atoms with van der Waals surface area (Å²) in [6.45, 7) is 2.62. The van der Waals surface area contributed by atoms with Crippen molar-refractivity contribution in [3.8, 4) is 5.75 Å². The Labute approximate surface area is 177 Å². The topological polar surface area (TPSA) is 78.9 Å². The molecule has 1 saturated heterocycles. The number of hydrogen-bond acceptors (Lipinski definition) is 4. The maximum Gasteiger partial charge on any atom is 0.227 e. The van der Waals surface area contributed by atoms with Crippen LogP contribution in [0.25, 0.3) is 0 Å². The zero-order valence-corrected chi connectivity index (χ0v) is 17.6. The van der Waals surface area contributed by atoms with Crippen molar-refractivity contribution < 1.29 is 19.4 Å². The summed E-state index contributed by atoms with van der Waals surface area (Å²) in [5.74, 6) is 0.0309. The van der Waals surface area contributed by atoms with Crippen LogP contribution in [-0.4, -0.2) is 37.1 Å². The summed E-state index contributed by atoms with van der Waals surface area (Å²) in [6.07, 6.45) is 2.70. The molecule has 1 aliphatic heterocycles. The van der Waals surface area contributed by atoms with Crippen LogP contribution in [0.2, 0.25) is 0 Å². The van der Waals surface area contributed by atoms with E-state index in [1.807, 2.05) is 12.1 Å². The Bertz CT molecular complexity index is 849. The van der Waals surface area contributed by atoms with E-state index >= 15 is 0 Å². The Balaban J connectivity index is 1.52. The summed E-state index contributed by atoms with van der Waals surface area (Å²) < 4.78 is 5.11. The normalized spacial score (nSPS) is 17.1. The van der Waals surface area contributed by atoms with E-state index in [0.29, 0.717) is 17.9 Å². The fourth-order valence-corrected chi connectivity index (χ4v) is 3.64. The number of aryl methyl sites for hydroxylation is 1. The Hall–Kier alpha value is -2.86. The summed E-state index contributed by atoms with van der Waals surface area (Å²) in [7, 11) is 1.58. The summed E-state index contributed by atoms with van der Waals surface area (Å²) in [6, 6.07) is 15.1. The first-order valence-corrected chi connectivity index (χ1v) is 10.5. The van der Waals surface area contributed by atoms with Crippen molar-refractivity contribution in [3.63, 3.8) is 0 Å². The number of carbonyl (C=O) groups is 2. The van der Waals surface area contributed by atoms with Crippen LogP contribution in [0.15, 0.2) is 48.5 Å². The van der Waals surface area contributed by atoms with E-state index in [1.165, 1.54) is 5.56 Å². The molecule has 0 bridgehead atoms. The number of rotatable bonds is 9. The van der Waals surface area contributed by atoms with Gasteiger partial charge < -0.3 is 20.1 Å². The van der Waals surface area contributed by atoms with E-state index in [0.717, 1.165) is 24.9 Å². The first-order chi connectivity index (χ1) is 14.5. The van der Waals surface area contributed by atoms with Gasteiger partial charge in [0.2, 0.25) is 11.8 Å². The van der Waals surface area contributed by atoms with Crippen molar-refractivity contribution in [3.05, 3.63) is 59.7 Å². The van der Waals surface area contributed by atoms with Crippen molar-refractivity contribution in [1.82, 2.24) is 5.32 Å². The minimum absolute atomic E-state index is 0.0489. The molecule has 2 atom stereocenters. The Morgan fingerprint density at radius 1 is 1.20 bits per heavy atom. The number of unbranched alkanes of at least 4 members (excludes halogenated alkanes) is 1. The third-order valence-corrected chi connectivity index (χ3v) is 5.53. The average Bonchev–Trinajstić information content (AvgIpc) is 3.18. The zero-order valence-electron chi connectivity index (χ0n) is 17.6. The molecular formula is C24H30N2O4. The third-order valence-electron chi connectivity index (χ3n) is 5.53. The molecule has 6 nitrogen and oxygen atoms in total. The van der Waals surface area contributed by atoms with Gasteiger partial charge in [0.15, 0.2) is 0 Å². The molecule has 1 heterocycles. The molecule has 1 aliphatic rings. The Kier molecular flexibility index (Phi) is 7.46. The van der Waals surface area contributed by atoms with Gasteiger partial charge >= 0.3 is 0 Å². The second kappa shape index (κ2) is 10.3. The number of amides is 2. The van der Waals surface area contributed by atoms with Gasteiger partial charge in [-0.2, -0.15) is 0 Å². The summed E-state index contributed by atoms with van der Waals surface area (Å²) >= 11 is 0. The molecule has 3 rings (SSSR count). The number of hydrogen-bond donors (Lipinski definition) is 2. The van der Waals surface area contributed by atoms with Crippen LogP contribution in [0.3, 0.4) is 0 Å². The van der Waals surface area contributed by atoms with Gasteiger partial charge in [0, 0.05) is 25.2 Å². The van der Waals surface area contributed by atoms with E-state index in [9.17, 15) is 14.7 Å². The number of aliphatic hydroxyl groups excluding tert-OH is 1. The van der Waals surface area contributed by atoms with E-state index in [2.05, 4.69) is 24.4 Å². The molecule has 1 fully saturated rings. The third kappa shape index (κ3) is 5.39. The molecule has 6 heteroatoms. The molecule has 30 heavy (non-hydrogen) atoms. The van der Waals surface area contributed by atoms with Crippen LogP contribution in [0, 0.1) is 5.92 Å². The van der Waals surface area contributed by atoms with Crippen LogP contribution in [0.5, 0.6) is 5.75 Å². The number of aliphatic hydroxyl groups is 1. The maximum atomic E-state index is 12.6. The number of ether oxygens (including phenoxy) is 1. The van der Waals surface area contributed by atoms with Gasteiger partial charge in [-0.3, -0.25) is 9.59 Å². The smallest absolute Gasteiger partial charge is 0.227 e. The minimum atomic E-state index is -0.816. The molecule has 2 aromatic carbocycles. The van der Waals surface area contributed by atoms with Gasteiger partial charge in [-0.05, 0) is 48.2 Å². The predicted molar refractivity (Wildman–Crippen MR) is 116 cm³/mol. The van der Waals surface area contributed by atoms with E-state index < -0.39 is 12.0 Å². The minimum Gasteiger partial charge on any atom is -0.497 e. The number of benzene rings is 2. The molecule has 160 valence electrons. The number of nitrogens with one attached hydrogen (secondary N) is 1. The number of nitrogens with zero attached hydrogens (tertiary/aromatic N) is 1. The highest BCUT2D eigenvalue weighted by Crippen LogP contribution is 2.26. The van der Waals surface area contributed by atoms with E-state index in [4.69, 9.17) is 4.74 Å². The number of carbonyl (C=O) groups excluding carboxylic acids is 2. The summed E-state index contributed by atoms with van der Waals surface area (Å²) in [5.41, 5.74) is 2.78. The highest BCUT2D eigenvalue weighted by Gasteiger charge is 2.35. The molecule has 2 N–H and O–H groups in total. The Morgan fingerprint density at radius 3 is 2.53 bits per heavy atom. The van der Waals surface area contributed by atoms with Crippen LogP contribution < -0.4 is 15.0 Å². The van der Waals surface area contributed by atoms with Gasteiger partial charge in [0.05, 0.1) is 19.1 Å². The summed E-state index contributed by atoms with van der Waals surface area (Å²) in [5, 5.41) is 13.1. The van der Waals surface area contributed by atoms with Gasteiger partial charge in [-0.1, -0.05) is 37.6 Å². The lowest BCUT2D eigenvalue weighted by Crippen LogP contribution is -2.35. The lowest BCUT2D eigenvalue weighted by atomic mass is 10.1. The average molecular weight is 411 g/mol. The molecule has 0 radical (unpaired) electrons. The SMILES string of the molecule is CCCCc1ccc(N2CC(C(=O)NCC(O)c3ccc(OC)cc3)CC2=O)cc1. The highest BCUT2D eigenvalue weighted by molar-refractivity contribution is 6.00. The van der Waals surface area contributed by atoms with Crippen LogP contribution in [0.4, 0.5) is 5.69 Å². The van der Waals surface area contributed by atoms with Gasteiger partial charge in [-0.15, -0.1) is 0 Å². The summed E-state index contributed by atoms with van der Waals surface area (Å²) in [4.78, 5) is 26.7. The van der Waals surface area contributed by atoms with Crippen LogP contribution in [0.1, 0.15) is 43.4 Å². The molecule has 0 saturated carbocycles. The van der Waals surface area contributed by atoms with Gasteiger partial charge in [-0.25, -0.2) is 0 Å². The van der Waals surface area contributed by atoms with Crippen LogP contribution in [-0.2, 0) is 16.0 Å².